The van der Waals surface area contributed by atoms with Crippen molar-refractivity contribution in [1.29, 1.82) is 0 Å². The van der Waals surface area contributed by atoms with Gasteiger partial charge in [0, 0.05) is 0 Å². The molecular formula is C10H13Sn+3. The molecule has 1 heteroatoms. The molecule has 11 heavy (non-hydrogen) atoms. The first-order valence-corrected chi connectivity index (χ1v) is 5.89. The van der Waals surface area contributed by atoms with Crippen molar-refractivity contribution in [2.75, 3.05) is 0 Å². The maximum atomic E-state index is 2.30. The molecule has 0 unspecified atom stereocenters. The van der Waals surface area contributed by atoms with Crippen LogP contribution in [0.4, 0.5) is 0 Å². The van der Waals surface area contributed by atoms with Crippen molar-refractivity contribution >= 4 is 22.5 Å². The molecule has 0 spiro atoms. The van der Waals surface area contributed by atoms with Crippen LogP contribution in [0.1, 0.15) is 19.4 Å². The van der Waals surface area contributed by atoms with Gasteiger partial charge < -0.3 is 0 Å². The maximum absolute atomic E-state index is 2.30. The second kappa shape index (κ2) is 3.61. The van der Waals surface area contributed by atoms with Crippen LogP contribution in [0.2, 0.25) is 4.44 Å². The SMILES string of the molecule is CC(C)([CH2][Sn+3])c1ccccc1. The molecule has 0 saturated heterocycles. The van der Waals surface area contributed by atoms with E-state index in [1.54, 1.807) is 22.5 Å². The van der Waals surface area contributed by atoms with E-state index in [-0.39, 0.29) is 0 Å². The molecule has 1 rings (SSSR count). The van der Waals surface area contributed by atoms with E-state index in [1.807, 2.05) is 0 Å². The molecule has 0 aliphatic heterocycles. The molecule has 0 radical (unpaired) electrons. The predicted octanol–water partition coefficient (Wildman–Crippen LogP) is 2.55. The Morgan fingerprint density at radius 2 is 1.73 bits per heavy atom. The van der Waals surface area contributed by atoms with Gasteiger partial charge in [-0.15, -0.1) is 0 Å². The molecule has 0 heterocycles. The number of hydrogen-bond acceptors (Lipinski definition) is 0. The first-order valence-electron chi connectivity index (χ1n) is 3.87. The zero-order chi connectivity index (χ0) is 8.32. The zero-order valence-electron chi connectivity index (χ0n) is 7.09. The summed E-state index contributed by atoms with van der Waals surface area (Å²) in [5.41, 5.74) is 1.83. The van der Waals surface area contributed by atoms with E-state index in [0.717, 1.165) is 0 Å². The van der Waals surface area contributed by atoms with Crippen molar-refractivity contribution in [3.05, 3.63) is 35.9 Å². The van der Waals surface area contributed by atoms with Gasteiger partial charge in [-0.05, 0) is 0 Å². The van der Waals surface area contributed by atoms with Crippen LogP contribution in [-0.2, 0) is 5.41 Å². The van der Waals surface area contributed by atoms with Gasteiger partial charge >= 0.3 is 82.1 Å². The Bertz CT molecular complexity index is 214. The van der Waals surface area contributed by atoms with Crippen LogP contribution in [0.5, 0.6) is 0 Å². The van der Waals surface area contributed by atoms with Crippen LogP contribution in [0.3, 0.4) is 0 Å². The summed E-state index contributed by atoms with van der Waals surface area (Å²) >= 11 is 1.62. The van der Waals surface area contributed by atoms with Crippen LogP contribution < -0.4 is 0 Å². The van der Waals surface area contributed by atoms with Crippen molar-refractivity contribution < 1.29 is 0 Å². The minimum atomic E-state index is 0.375. The summed E-state index contributed by atoms with van der Waals surface area (Å²) in [6.45, 7) is 4.61. The fourth-order valence-electron chi connectivity index (χ4n) is 0.991. The predicted molar refractivity (Wildman–Crippen MR) is 50.0 cm³/mol. The van der Waals surface area contributed by atoms with E-state index in [4.69, 9.17) is 0 Å². The van der Waals surface area contributed by atoms with Gasteiger partial charge in [-0.2, -0.15) is 0 Å². The molecule has 1 aromatic rings. The van der Waals surface area contributed by atoms with Crippen LogP contribution in [0.15, 0.2) is 30.3 Å². The second-order valence-corrected chi connectivity index (χ2v) is 4.44. The second-order valence-electron chi connectivity index (χ2n) is 3.43. The third-order valence-electron chi connectivity index (χ3n) is 2.00. The fourth-order valence-corrected chi connectivity index (χ4v) is 1.57. The van der Waals surface area contributed by atoms with Crippen LogP contribution in [0, 0.1) is 0 Å². The number of rotatable bonds is 2. The molecule has 0 fully saturated rings. The molecule has 54 valence electrons. The monoisotopic (exact) mass is 253 g/mol. The van der Waals surface area contributed by atoms with Gasteiger partial charge in [-0.25, -0.2) is 0 Å². The Kier molecular flexibility index (Phi) is 2.99. The summed E-state index contributed by atoms with van der Waals surface area (Å²) < 4.78 is 1.28. The van der Waals surface area contributed by atoms with Crippen LogP contribution in [0.25, 0.3) is 0 Å². The zero-order valence-corrected chi connectivity index (χ0v) is 9.95. The third kappa shape index (κ3) is 2.22. The summed E-state index contributed by atoms with van der Waals surface area (Å²) in [5.74, 6) is 0. The van der Waals surface area contributed by atoms with E-state index in [1.165, 1.54) is 10.0 Å². The van der Waals surface area contributed by atoms with E-state index < -0.39 is 0 Å². The molecule has 0 atom stereocenters. The minimum absolute atomic E-state index is 0.375. The van der Waals surface area contributed by atoms with Gasteiger partial charge in [0.15, 0.2) is 0 Å². The van der Waals surface area contributed by atoms with Crippen molar-refractivity contribution in [2.45, 2.75) is 23.7 Å². The van der Waals surface area contributed by atoms with Crippen LogP contribution in [-0.4, -0.2) is 22.5 Å². The Labute approximate surface area is 82.1 Å². The van der Waals surface area contributed by atoms with Crippen molar-refractivity contribution in [1.82, 2.24) is 0 Å². The van der Waals surface area contributed by atoms with Gasteiger partial charge in [0.1, 0.15) is 0 Å². The van der Waals surface area contributed by atoms with Crippen molar-refractivity contribution in [2.24, 2.45) is 0 Å². The van der Waals surface area contributed by atoms with Crippen LogP contribution >= 0.6 is 0 Å². The van der Waals surface area contributed by atoms with Gasteiger partial charge in [0.05, 0.1) is 0 Å². The summed E-state index contributed by atoms with van der Waals surface area (Å²) in [6.07, 6.45) is 0. The van der Waals surface area contributed by atoms with Gasteiger partial charge in [-0.3, -0.25) is 0 Å². The molecule has 0 N–H and O–H groups in total. The van der Waals surface area contributed by atoms with Gasteiger partial charge in [-0.1, -0.05) is 0 Å². The molecule has 1 aromatic carbocycles. The topological polar surface area (TPSA) is 0 Å². The van der Waals surface area contributed by atoms with E-state index in [0.29, 0.717) is 5.41 Å². The summed E-state index contributed by atoms with van der Waals surface area (Å²) in [4.78, 5) is 0. The quantitative estimate of drug-likeness (QED) is 0.709. The molecule has 0 amide bonds. The fraction of sp³-hybridized carbons (Fsp3) is 0.400. The van der Waals surface area contributed by atoms with Crippen molar-refractivity contribution in [3.63, 3.8) is 0 Å². The third-order valence-corrected chi connectivity index (χ3v) is 4.52. The average Bonchev–Trinajstić information content (AvgIpc) is 2.06. The molecule has 0 aromatic heterocycles. The molecule has 0 nitrogen and oxygen atoms in total. The molecule has 0 saturated carbocycles. The molecule has 0 aliphatic rings. The normalized spacial score (nSPS) is 11.6. The summed E-state index contributed by atoms with van der Waals surface area (Å²) in [6, 6.07) is 10.7. The average molecular weight is 252 g/mol. The number of hydrogen-bond donors (Lipinski definition) is 0. The molecule has 0 bridgehead atoms. The summed E-state index contributed by atoms with van der Waals surface area (Å²) in [7, 11) is 0. The first-order chi connectivity index (χ1) is 5.17. The summed E-state index contributed by atoms with van der Waals surface area (Å²) in [5, 5.41) is 0. The van der Waals surface area contributed by atoms with Crippen molar-refractivity contribution in [3.8, 4) is 0 Å². The Hall–Kier alpha value is 0.0187. The van der Waals surface area contributed by atoms with Gasteiger partial charge in [0.25, 0.3) is 0 Å². The van der Waals surface area contributed by atoms with E-state index in [9.17, 15) is 0 Å². The Balaban J connectivity index is 2.93. The van der Waals surface area contributed by atoms with Gasteiger partial charge in [0.2, 0.25) is 0 Å². The molecular weight excluding hydrogens is 239 g/mol. The Morgan fingerprint density at radius 1 is 1.18 bits per heavy atom. The Morgan fingerprint density at radius 3 is 2.18 bits per heavy atom. The first kappa shape index (κ1) is 9.11. The molecule has 0 aliphatic carbocycles. The van der Waals surface area contributed by atoms with E-state index in [2.05, 4.69) is 44.2 Å². The number of benzene rings is 1. The van der Waals surface area contributed by atoms with E-state index >= 15 is 0 Å². The standard InChI is InChI=1S/C10H13.Sn/c1-10(2,3)9-7-5-4-6-8-9;/h4-8H,1H2,2-3H3;/q;+3.